The molecular formula is C15H17NO3. The Morgan fingerprint density at radius 1 is 0.947 bits per heavy atom. The van der Waals surface area contributed by atoms with E-state index in [2.05, 4.69) is 0 Å². The van der Waals surface area contributed by atoms with Gasteiger partial charge in [-0.3, -0.25) is 14.4 Å². The molecule has 19 heavy (non-hydrogen) atoms. The lowest BCUT2D eigenvalue weighted by Crippen LogP contribution is -2.10. The van der Waals surface area contributed by atoms with Crippen LogP contribution >= 0.6 is 0 Å². The summed E-state index contributed by atoms with van der Waals surface area (Å²) in [5, 5.41) is 0. The third-order valence-corrected chi connectivity index (χ3v) is 2.70. The Balaban J connectivity index is 3.03. The normalized spacial score (nSPS) is 9.68. The van der Waals surface area contributed by atoms with Crippen LogP contribution in [0, 0.1) is 0 Å². The summed E-state index contributed by atoms with van der Waals surface area (Å²) < 4.78 is 0. The molecule has 0 heterocycles. The Morgan fingerprint density at radius 3 is 1.79 bits per heavy atom. The van der Waals surface area contributed by atoms with Crippen LogP contribution in [0.15, 0.2) is 35.9 Å². The van der Waals surface area contributed by atoms with Crippen LogP contribution in [0.2, 0.25) is 0 Å². The van der Waals surface area contributed by atoms with Crippen molar-refractivity contribution >= 4 is 23.0 Å². The molecule has 0 atom stereocenters. The lowest BCUT2D eigenvalue weighted by Gasteiger charge is -2.12. The first-order valence-corrected chi connectivity index (χ1v) is 5.88. The van der Waals surface area contributed by atoms with Crippen molar-refractivity contribution in [2.24, 2.45) is 0 Å². The predicted octanol–water partition coefficient (Wildman–Crippen LogP) is 2.04. The van der Waals surface area contributed by atoms with E-state index in [0.29, 0.717) is 5.56 Å². The number of rotatable bonds is 5. The summed E-state index contributed by atoms with van der Waals surface area (Å²) in [5.74, 6) is -1.14. The molecule has 0 aliphatic heterocycles. The summed E-state index contributed by atoms with van der Waals surface area (Å²) in [7, 11) is 3.81. The second-order valence-corrected chi connectivity index (χ2v) is 4.48. The molecule has 0 spiro atoms. The third-order valence-electron chi connectivity index (χ3n) is 2.70. The van der Waals surface area contributed by atoms with Crippen LogP contribution in [0.3, 0.4) is 0 Å². The minimum absolute atomic E-state index is 0.0679. The van der Waals surface area contributed by atoms with Gasteiger partial charge in [-0.15, -0.1) is 0 Å². The fourth-order valence-electron chi connectivity index (χ4n) is 1.59. The average molecular weight is 259 g/mol. The van der Waals surface area contributed by atoms with Crippen LogP contribution in [0.25, 0.3) is 0 Å². The summed E-state index contributed by atoms with van der Waals surface area (Å²) >= 11 is 0. The van der Waals surface area contributed by atoms with Crippen molar-refractivity contribution in [1.29, 1.82) is 0 Å². The van der Waals surface area contributed by atoms with Crippen LogP contribution in [0.4, 0.5) is 5.69 Å². The van der Waals surface area contributed by atoms with Crippen LogP contribution in [0.1, 0.15) is 24.2 Å². The highest BCUT2D eigenvalue weighted by Gasteiger charge is 2.13. The predicted molar refractivity (Wildman–Crippen MR) is 74.5 cm³/mol. The summed E-state index contributed by atoms with van der Waals surface area (Å²) in [6, 6.07) is 6.96. The fourth-order valence-corrected chi connectivity index (χ4v) is 1.59. The number of nitrogens with zero attached hydrogens (tertiary/aromatic N) is 1. The van der Waals surface area contributed by atoms with E-state index in [1.807, 2.05) is 31.1 Å². The summed E-state index contributed by atoms with van der Waals surface area (Å²) in [6.07, 6.45) is 1.11. The fraction of sp³-hybridized carbons (Fsp3) is 0.267. The zero-order valence-corrected chi connectivity index (χ0v) is 11.6. The van der Waals surface area contributed by atoms with E-state index in [0.717, 1.165) is 11.8 Å². The molecule has 0 saturated heterocycles. The van der Waals surface area contributed by atoms with Crippen LogP contribution in [0.5, 0.6) is 0 Å². The lowest BCUT2D eigenvalue weighted by atomic mass is 10.0. The maximum absolute atomic E-state index is 12.0. The molecule has 0 amide bonds. The van der Waals surface area contributed by atoms with Gasteiger partial charge in [0.2, 0.25) is 0 Å². The van der Waals surface area contributed by atoms with E-state index in [4.69, 9.17) is 0 Å². The minimum atomic E-state index is -0.397. The Morgan fingerprint density at radius 2 is 1.42 bits per heavy atom. The van der Waals surface area contributed by atoms with Crippen LogP contribution in [-0.4, -0.2) is 31.4 Å². The number of anilines is 1. The summed E-state index contributed by atoms with van der Waals surface area (Å²) in [6.45, 7) is 2.55. The smallest absolute Gasteiger partial charge is 0.186 e. The van der Waals surface area contributed by atoms with E-state index in [1.54, 1.807) is 12.1 Å². The topological polar surface area (TPSA) is 54.5 Å². The molecule has 0 saturated carbocycles. The molecular weight excluding hydrogens is 242 g/mol. The van der Waals surface area contributed by atoms with Crippen LogP contribution in [-0.2, 0) is 9.59 Å². The van der Waals surface area contributed by atoms with Crippen molar-refractivity contribution in [3.8, 4) is 0 Å². The zero-order valence-electron chi connectivity index (χ0n) is 11.6. The van der Waals surface area contributed by atoms with E-state index in [1.165, 1.54) is 13.8 Å². The first-order chi connectivity index (χ1) is 8.82. The average Bonchev–Trinajstić information content (AvgIpc) is 2.34. The number of carbonyl (C=O) groups excluding carboxylic acids is 3. The Kier molecular flexibility index (Phi) is 4.75. The number of allylic oxidation sites excluding steroid dienone is 2. The Bertz CT molecular complexity index is 523. The largest absolute Gasteiger partial charge is 0.378 e. The first-order valence-electron chi connectivity index (χ1n) is 5.88. The lowest BCUT2D eigenvalue weighted by molar-refractivity contribution is -0.119. The second-order valence-electron chi connectivity index (χ2n) is 4.48. The molecule has 0 N–H and O–H groups in total. The number of hydrogen-bond donors (Lipinski definition) is 0. The first kappa shape index (κ1) is 14.8. The third kappa shape index (κ3) is 3.88. The van der Waals surface area contributed by atoms with Gasteiger partial charge in [0.1, 0.15) is 0 Å². The molecule has 0 aromatic heterocycles. The second kappa shape index (κ2) is 6.09. The maximum Gasteiger partial charge on any atom is 0.186 e. The van der Waals surface area contributed by atoms with Crippen molar-refractivity contribution in [2.45, 2.75) is 13.8 Å². The highest BCUT2D eigenvalue weighted by atomic mass is 16.2. The molecule has 0 aliphatic rings. The van der Waals surface area contributed by atoms with Crippen LogP contribution < -0.4 is 4.90 Å². The molecule has 100 valence electrons. The number of carbonyl (C=O) groups is 3. The molecule has 1 aromatic rings. The maximum atomic E-state index is 12.0. The zero-order chi connectivity index (χ0) is 14.6. The molecule has 1 aromatic carbocycles. The molecule has 0 aliphatic carbocycles. The standard InChI is InChI=1S/C15H17NO3/c1-10(17)14(11(2)18)9-15(19)12-5-7-13(8-6-12)16(3)4/h5-9H,1-4H3. The molecule has 0 fully saturated rings. The van der Waals surface area contributed by atoms with Gasteiger partial charge in [-0.2, -0.15) is 0 Å². The van der Waals surface area contributed by atoms with Gasteiger partial charge in [0.05, 0.1) is 5.57 Å². The molecule has 4 nitrogen and oxygen atoms in total. The molecule has 1 rings (SSSR count). The van der Waals surface area contributed by atoms with Gasteiger partial charge in [0, 0.05) is 31.4 Å². The van der Waals surface area contributed by atoms with Gasteiger partial charge in [-0.1, -0.05) is 0 Å². The van der Waals surface area contributed by atoms with E-state index in [9.17, 15) is 14.4 Å². The Hall–Kier alpha value is -2.23. The van der Waals surface area contributed by atoms with Gasteiger partial charge < -0.3 is 4.90 Å². The monoisotopic (exact) mass is 259 g/mol. The number of Topliss-reactive ketones (excluding diaryl/α,β-unsaturated/α-hetero) is 2. The van der Waals surface area contributed by atoms with Crippen molar-refractivity contribution < 1.29 is 14.4 Å². The molecule has 0 bridgehead atoms. The van der Waals surface area contributed by atoms with E-state index >= 15 is 0 Å². The van der Waals surface area contributed by atoms with Crippen molar-refractivity contribution in [1.82, 2.24) is 0 Å². The molecule has 0 unspecified atom stereocenters. The number of hydrogen-bond acceptors (Lipinski definition) is 4. The molecule has 4 heteroatoms. The van der Waals surface area contributed by atoms with Gasteiger partial charge in [0.25, 0.3) is 0 Å². The Labute approximate surface area is 112 Å². The van der Waals surface area contributed by atoms with Gasteiger partial charge >= 0.3 is 0 Å². The van der Waals surface area contributed by atoms with Crippen molar-refractivity contribution in [3.63, 3.8) is 0 Å². The molecule has 0 radical (unpaired) electrons. The van der Waals surface area contributed by atoms with Gasteiger partial charge in [-0.25, -0.2) is 0 Å². The quantitative estimate of drug-likeness (QED) is 0.351. The van der Waals surface area contributed by atoms with Gasteiger partial charge in [0.15, 0.2) is 17.3 Å². The summed E-state index contributed by atoms with van der Waals surface area (Å²) in [4.78, 5) is 36.4. The number of benzene rings is 1. The minimum Gasteiger partial charge on any atom is -0.378 e. The highest BCUT2D eigenvalue weighted by Crippen LogP contribution is 2.13. The van der Waals surface area contributed by atoms with Gasteiger partial charge in [-0.05, 0) is 38.1 Å². The highest BCUT2D eigenvalue weighted by molar-refractivity contribution is 6.23. The van der Waals surface area contributed by atoms with Crippen molar-refractivity contribution in [2.75, 3.05) is 19.0 Å². The summed E-state index contributed by atoms with van der Waals surface area (Å²) in [5.41, 5.74) is 1.35. The van der Waals surface area contributed by atoms with E-state index < -0.39 is 11.6 Å². The van der Waals surface area contributed by atoms with E-state index in [-0.39, 0.29) is 11.4 Å². The van der Waals surface area contributed by atoms with Crippen molar-refractivity contribution in [3.05, 3.63) is 41.5 Å². The SMILES string of the molecule is CC(=O)C(=CC(=O)c1ccc(N(C)C)cc1)C(C)=O. The number of ketones is 3.